The molecule has 2 aromatic carbocycles. The maximum atomic E-state index is 13.4. The molecule has 0 aliphatic heterocycles. The summed E-state index contributed by atoms with van der Waals surface area (Å²) in [5.74, 6) is 1.31. The van der Waals surface area contributed by atoms with E-state index in [0.29, 0.717) is 40.8 Å². The summed E-state index contributed by atoms with van der Waals surface area (Å²) in [6.45, 7) is 9.57. The van der Waals surface area contributed by atoms with E-state index in [1.807, 2.05) is 26.0 Å². The minimum Gasteiger partial charge on any atom is -0.355 e. The molecule has 1 amide bonds. The topological polar surface area (TPSA) is 58.1 Å². The van der Waals surface area contributed by atoms with Gasteiger partial charge in [0.05, 0.1) is 5.52 Å². The highest BCUT2D eigenvalue weighted by Gasteiger charge is 2.18. The Hall–Kier alpha value is -2.73. The van der Waals surface area contributed by atoms with Gasteiger partial charge in [-0.1, -0.05) is 32.4 Å². The standard InChI is InChI=1S/C25H30ClFN4O/c1-5-17(4)28-23(32)12-13-31(15-16(2)3)25-21-11-8-19(26)14-22(21)29-24(30-25)18-6-9-20(27)10-7-18/h6-11,14,16-17H,5,12-13,15H2,1-4H3,(H,28,32). The van der Waals surface area contributed by atoms with Gasteiger partial charge in [0.2, 0.25) is 5.91 Å². The number of hydrogen-bond donors (Lipinski definition) is 1. The molecule has 3 rings (SSSR count). The van der Waals surface area contributed by atoms with Crippen molar-refractivity contribution in [1.29, 1.82) is 0 Å². The van der Waals surface area contributed by atoms with Gasteiger partial charge in [0.25, 0.3) is 0 Å². The molecule has 32 heavy (non-hydrogen) atoms. The number of halogens is 2. The van der Waals surface area contributed by atoms with Gasteiger partial charge in [0.15, 0.2) is 5.82 Å². The highest BCUT2D eigenvalue weighted by molar-refractivity contribution is 6.31. The molecule has 0 saturated carbocycles. The summed E-state index contributed by atoms with van der Waals surface area (Å²) in [4.78, 5) is 24.1. The van der Waals surface area contributed by atoms with E-state index in [0.717, 1.165) is 24.2 Å². The minimum absolute atomic E-state index is 0.0215. The number of anilines is 1. The van der Waals surface area contributed by atoms with Crippen LogP contribution < -0.4 is 10.2 Å². The van der Waals surface area contributed by atoms with E-state index in [-0.39, 0.29) is 17.8 Å². The monoisotopic (exact) mass is 456 g/mol. The van der Waals surface area contributed by atoms with Crippen LogP contribution in [0.1, 0.15) is 40.5 Å². The fourth-order valence-corrected chi connectivity index (χ4v) is 3.63. The second-order valence-electron chi connectivity index (χ2n) is 8.51. The highest BCUT2D eigenvalue weighted by Crippen LogP contribution is 2.30. The molecule has 0 aliphatic rings. The third-order valence-electron chi connectivity index (χ3n) is 5.25. The van der Waals surface area contributed by atoms with Gasteiger partial charge in [-0.3, -0.25) is 4.79 Å². The van der Waals surface area contributed by atoms with Crippen LogP contribution in [-0.2, 0) is 4.79 Å². The Labute approximate surface area is 194 Å². The molecule has 7 heteroatoms. The Morgan fingerprint density at radius 1 is 1.12 bits per heavy atom. The summed E-state index contributed by atoms with van der Waals surface area (Å²) in [5, 5.41) is 4.47. The van der Waals surface area contributed by atoms with Crippen LogP contribution in [0.5, 0.6) is 0 Å². The van der Waals surface area contributed by atoms with E-state index in [1.165, 1.54) is 12.1 Å². The molecule has 5 nitrogen and oxygen atoms in total. The molecule has 170 valence electrons. The lowest BCUT2D eigenvalue weighted by Crippen LogP contribution is -2.36. The van der Waals surface area contributed by atoms with Crippen LogP contribution in [-0.4, -0.2) is 35.0 Å². The van der Waals surface area contributed by atoms with Gasteiger partial charge in [-0.2, -0.15) is 0 Å². The maximum absolute atomic E-state index is 13.4. The summed E-state index contributed by atoms with van der Waals surface area (Å²) in [6, 6.07) is 11.8. The predicted molar refractivity (Wildman–Crippen MR) is 130 cm³/mol. The second kappa shape index (κ2) is 10.7. The quantitative estimate of drug-likeness (QED) is 0.438. The average Bonchev–Trinajstić information content (AvgIpc) is 2.75. The average molecular weight is 457 g/mol. The lowest BCUT2D eigenvalue weighted by molar-refractivity contribution is -0.121. The summed E-state index contributed by atoms with van der Waals surface area (Å²) in [6.07, 6.45) is 1.25. The highest BCUT2D eigenvalue weighted by atomic mass is 35.5. The van der Waals surface area contributed by atoms with Crippen molar-refractivity contribution in [2.24, 2.45) is 5.92 Å². The predicted octanol–water partition coefficient (Wildman–Crippen LogP) is 5.86. The molecule has 1 unspecified atom stereocenters. The van der Waals surface area contributed by atoms with Crippen LogP contribution in [0.4, 0.5) is 10.2 Å². The zero-order valence-electron chi connectivity index (χ0n) is 19.0. The van der Waals surface area contributed by atoms with Crippen LogP contribution in [0, 0.1) is 11.7 Å². The lowest BCUT2D eigenvalue weighted by atomic mass is 10.1. The number of carbonyl (C=O) groups is 1. The summed E-state index contributed by atoms with van der Waals surface area (Å²) < 4.78 is 13.4. The van der Waals surface area contributed by atoms with Gasteiger partial charge >= 0.3 is 0 Å². The van der Waals surface area contributed by atoms with Crippen LogP contribution in [0.15, 0.2) is 42.5 Å². The van der Waals surface area contributed by atoms with Crippen LogP contribution in [0.2, 0.25) is 5.02 Å². The van der Waals surface area contributed by atoms with Crippen LogP contribution >= 0.6 is 11.6 Å². The van der Waals surface area contributed by atoms with E-state index >= 15 is 0 Å². The molecule has 3 aromatic rings. The number of hydrogen-bond acceptors (Lipinski definition) is 4. The van der Waals surface area contributed by atoms with E-state index in [2.05, 4.69) is 29.0 Å². The molecule has 0 fully saturated rings. The SMILES string of the molecule is CCC(C)NC(=O)CCN(CC(C)C)c1nc(-c2ccc(F)cc2)nc2cc(Cl)ccc12. The number of nitrogens with zero attached hydrogens (tertiary/aromatic N) is 3. The first-order chi connectivity index (χ1) is 15.3. The van der Waals surface area contributed by atoms with Crippen LogP contribution in [0.3, 0.4) is 0 Å². The Kier molecular flexibility index (Phi) is 8.02. The fourth-order valence-electron chi connectivity index (χ4n) is 3.47. The van der Waals surface area contributed by atoms with Gasteiger partial charge in [-0.05, 0) is 61.7 Å². The van der Waals surface area contributed by atoms with Crippen molar-refractivity contribution in [2.45, 2.75) is 46.6 Å². The molecule has 0 aliphatic carbocycles. The normalized spacial score (nSPS) is 12.2. The van der Waals surface area contributed by atoms with Crippen molar-refractivity contribution in [3.8, 4) is 11.4 Å². The number of aromatic nitrogens is 2. The Morgan fingerprint density at radius 3 is 2.50 bits per heavy atom. The van der Waals surface area contributed by atoms with E-state index in [9.17, 15) is 9.18 Å². The Balaban J connectivity index is 2.02. The Morgan fingerprint density at radius 2 is 1.84 bits per heavy atom. The number of amides is 1. The molecule has 0 radical (unpaired) electrons. The second-order valence-corrected chi connectivity index (χ2v) is 8.94. The molecule has 0 bridgehead atoms. The molecule has 1 heterocycles. The first-order valence-electron chi connectivity index (χ1n) is 11.0. The van der Waals surface area contributed by atoms with E-state index in [4.69, 9.17) is 16.6 Å². The first kappa shape index (κ1) is 23.9. The van der Waals surface area contributed by atoms with E-state index in [1.54, 1.807) is 18.2 Å². The van der Waals surface area contributed by atoms with Crippen molar-refractivity contribution in [2.75, 3.05) is 18.0 Å². The number of benzene rings is 2. The number of rotatable bonds is 9. The van der Waals surface area contributed by atoms with Crippen molar-refractivity contribution in [1.82, 2.24) is 15.3 Å². The van der Waals surface area contributed by atoms with Crippen molar-refractivity contribution >= 4 is 34.2 Å². The summed E-state index contributed by atoms with van der Waals surface area (Å²) in [5.41, 5.74) is 1.42. The van der Waals surface area contributed by atoms with Gasteiger partial charge in [0.1, 0.15) is 11.6 Å². The van der Waals surface area contributed by atoms with E-state index < -0.39 is 0 Å². The van der Waals surface area contributed by atoms with Gasteiger partial charge in [0, 0.05) is 41.5 Å². The van der Waals surface area contributed by atoms with Gasteiger partial charge in [-0.25, -0.2) is 14.4 Å². The van der Waals surface area contributed by atoms with Gasteiger partial charge in [-0.15, -0.1) is 0 Å². The third kappa shape index (κ3) is 6.16. The zero-order valence-corrected chi connectivity index (χ0v) is 19.8. The summed E-state index contributed by atoms with van der Waals surface area (Å²) in [7, 11) is 0. The molecule has 1 aromatic heterocycles. The van der Waals surface area contributed by atoms with Crippen molar-refractivity contribution in [3.05, 3.63) is 53.3 Å². The minimum atomic E-state index is -0.313. The molecule has 0 saturated heterocycles. The molecule has 0 spiro atoms. The number of carbonyl (C=O) groups excluding carboxylic acids is 1. The lowest BCUT2D eigenvalue weighted by Gasteiger charge is -2.27. The van der Waals surface area contributed by atoms with Gasteiger partial charge < -0.3 is 10.2 Å². The van der Waals surface area contributed by atoms with Crippen molar-refractivity contribution < 1.29 is 9.18 Å². The third-order valence-corrected chi connectivity index (χ3v) is 5.49. The molecule has 1 atom stereocenters. The summed E-state index contributed by atoms with van der Waals surface area (Å²) >= 11 is 6.24. The first-order valence-corrected chi connectivity index (χ1v) is 11.4. The molecule has 1 N–H and O–H groups in total. The number of fused-ring (bicyclic) bond motifs is 1. The van der Waals surface area contributed by atoms with Crippen molar-refractivity contribution in [3.63, 3.8) is 0 Å². The molecular formula is C25H30ClFN4O. The largest absolute Gasteiger partial charge is 0.355 e. The van der Waals surface area contributed by atoms with Crippen LogP contribution in [0.25, 0.3) is 22.3 Å². The number of nitrogens with one attached hydrogen (secondary N) is 1. The Bertz CT molecular complexity index is 1070. The fraction of sp³-hybridized carbons (Fsp3) is 0.400. The zero-order chi connectivity index (χ0) is 23.3. The smallest absolute Gasteiger partial charge is 0.221 e. The molecular weight excluding hydrogens is 427 g/mol. The maximum Gasteiger partial charge on any atom is 0.221 e.